The third kappa shape index (κ3) is 8.10. The highest BCUT2D eigenvalue weighted by Crippen LogP contribution is 2.28. The fraction of sp³-hybridized carbons (Fsp3) is 0.310. The molecule has 7 heteroatoms. The van der Waals surface area contributed by atoms with Gasteiger partial charge in [-0.1, -0.05) is 78.7 Å². The molecule has 36 heavy (non-hydrogen) atoms. The van der Waals surface area contributed by atoms with Gasteiger partial charge in [0.15, 0.2) is 6.61 Å². The highest BCUT2D eigenvalue weighted by Gasteiger charge is 2.31. The number of benzene rings is 3. The number of carbonyl (C=O) groups is 2. The van der Waals surface area contributed by atoms with Gasteiger partial charge in [-0.15, -0.1) is 0 Å². The molecule has 0 saturated heterocycles. The van der Waals surface area contributed by atoms with Crippen molar-refractivity contribution in [2.45, 2.75) is 52.2 Å². The third-order valence-corrected chi connectivity index (χ3v) is 6.81. The number of rotatable bonds is 11. The van der Waals surface area contributed by atoms with Crippen molar-refractivity contribution >= 4 is 39.3 Å². The summed E-state index contributed by atoms with van der Waals surface area (Å²) in [4.78, 5) is 28.8. The zero-order valence-electron chi connectivity index (χ0n) is 20.8. The number of ether oxygens (including phenoxy) is 1. The van der Waals surface area contributed by atoms with E-state index in [0.29, 0.717) is 21.7 Å². The molecule has 3 aromatic carbocycles. The Bertz CT molecular complexity index is 1170. The minimum Gasteiger partial charge on any atom is -0.483 e. The van der Waals surface area contributed by atoms with Crippen molar-refractivity contribution in [1.29, 1.82) is 0 Å². The third-order valence-electron chi connectivity index (χ3n) is 5.95. The summed E-state index contributed by atoms with van der Waals surface area (Å²) >= 11 is 9.46. The SMILES string of the molecule is CC[C@H](C)NC(=O)[C@H](Cc1ccccc1)N(Cc1cccc(C)c1)C(=O)COc1ccc(Cl)cc1Br. The van der Waals surface area contributed by atoms with Crippen molar-refractivity contribution in [3.8, 4) is 5.75 Å². The van der Waals surface area contributed by atoms with Crippen molar-refractivity contribution in [3.63, 3.8) is 0 Å². The molecular weight excluding hydrogens is 540 g/mol. The van der Waals surface area contributed by atoms with Crippen LogP contribution in [0.3, 0.4) is 0 Å². The standard InChI is InChI=1S/C29H32BrClN2O3/c1-4-21(3)32-29(35)26(16-22-10-6-5-7-11-22)33(18-23-12-8-9-20(2)15-23)28(34)19-36-27-14-13-24(31)17-25(27)30/h5-15,17,21,26H,4,16,18-19H2,1-3H3,(H,32,35)/t21-,26-/m0/s1. The quantitative estimate of drug-likeness (QED) is 0.292. The van der Waals surface area contributed by atoms with Gasteiger partial charge in [-0.05, 0) is 65.5 Å². The second-order valence-corrected chi connectivity index (χ2v) is 10.2. The highest BCUT2D eigenvalue weighted by molar-refractivity contribution is 9.10. The Morgan fingerprint density at radius 3 is 2.42 bits per heavy atom. The average Bonchev–Trinajstić information content (AvgIpc) is 2.86. The Balaban J connectivity index is 1.92. The molecule has 5 nitrogen and oxygen atoms in total. The summed E-state index contributed by atoms with van der Waals surface area (Å²) in [6.07, 6.45) is 1.19. The van der Waals surface area contributed by atoms with Crippen molar-refractivity contribution in [2.75, 3.05) is 6.61 Å². The topological polar surface area (TPSA) is 58.6 Å². The van der Waals surface area contributed by atoms with Crippen LogP contribution in [0.2, 0.25) is 5.02 Å². The normalized spacial score (nSPS) is 12.5. The first kappa shape index (κ1) is 27.8. The molecule has 0 radical (unpaired) electrons. The monoisotopic (exact) mass is 570 g/mol. The van der Waals surface area contributed by atoms with Crippen molar-refractivity contribution < 1.29 is 14.3 Å². The van der Waals surface area contributed by atoms with Crippen LogP contribution in [0.25, 0.3) is 0 Å². The molecule has 190 valence electrons. The second-order valence-electron chi connectivity index (χ2n) is 8.90. The van der Waals surface area contributed by atoms with Gasteiger partial charge in [0, 0.05) is 24.0 Å². The summed E-state index contributed by atoms with van der Waals surface area (Å²) < 4.78 is 6.51. The Kier molecular flexibility index (Phi) is 10.4. The summed E-state index contributed by atoms with van der Waals surface area (Å²) in [5, 5.41) is 3.64. The first-order valence-corrected chi connectivity index (χ1v) is 13.2. The first-order chi connectivity index (χ1) is 17.3. The van der Waals surface area contributed by atoms with Crippen LogP contribution in [-0.4, -0.2) is 35.4 Å². The van der Waals surface area contributed by atoms with E-state index in [2.05, 4.69) is 21.2 Å². The lowest BCUT2D eigenvalue weighted by atomic mass is 10.0. The summed E-state index contributed by atoms with van der Waals surface area (Å²) in [7, 11) is 0. The van der Waals surface area contributed by atoms with E-state index in [4.69, 9.17) is 16.3 Å². The predicted molar refractivity (Wildman–Crippen MR) is 148 cm³/mol. The fourth-order valence-electron chi connectivity index (χ4n) is 3.82. The number of hydrogen-bond donors (Lipinski definition) is 1. The van der Waals surface area contributed by atoms with Gasteiger partial charge < -0.3 is 15.0 Å². The van der Waals surface area contributed by atoms with Crippen LogP contribution in [0, 0.1) is 6.92 Å². The maximum absolute atomic E-state index is 13.7. The lowest BCUT2D eigenvalue weighted by Gasteiger charge is -2.32. The maximum atomic E-state index is 13.7. The lowest BCUT2D eigenvalue weighted by molar-refractivity contribution is -0.143. The van der Waals surface area contributed by atoms with E-state index in [1.807, 2.05) is 75.4 Å². The minimum absolute atomic E-state index is 0.00651. The molecule has 0 bridgehead atoms. The zero-order chi connectivity index (χ0) is 26.1. The Hall–Kier alpha value is -2.83. The summed E-state index contributed by atoms with van der Waals surface area (Å²) in [5.41, 5.74) is 3.01. The fourth-order valence-corrected chi connectivity index (χ4v) is 4.61. The Labute approximate surface area is 226 Å². The molecule has 0 saturated carbocycles. The summed E-state index contributed by atoms with van der Waals surface area (Å²) in [6, 6.07) is 22.1. The molecule has 0 aliphatic carbocycles. The molecule has 0 spiro atoms. The predicted octanol–water partition coefficient (Wildman–Crippen LogP) is 6.34. The van der Waals surface area contributed by atoms with Crippen molar-refractivity contribution in [1.82, 2.24) is 10.2 Å². The van der Waals surface area contributed by atoms with Crippen LogP contribution >= 0.6 is 27.5 Å². The van der Waals surface area contributed by atoms with E-state index < -0.39 is 6.04 Å². The number of halogens is 2. The highest BCUT2D eigenvalue weighted by atomic mass is 79.9. The van der Waals surface area contributed by atoms with E-state index in [9.17, 15) is 9.59 Å². The molecule has 1 N–H and O–H groups in total. The molecule has 3 aromatic rings. The van der Waals surface area contributed by atoms with E-state index in [-0.39, 0.29) is 31.0 Å². The van der Waals surface area contributed by atoms with Crippen LogP contribution in [0.4, 0.5) is 0 Å². The molecular formula is C29H32BrClN2O3. The van der Waals surface area contributed by atoms with Crippen LogP contribution in [-0.2, 0) is 22.6 Å². The van der Waals surface area contributed by atoms with Gasteiger partial charge in [-0.3, -0.25) is 9.59 Å². The number of carbonyl (C=O) groups excluding carboxylic acids is 2. The van der Waals surface area contributed by atoms with Gasteiger partial charge in [0.2, 0.25) is 5.91 Å². The number of nitrogens with zero attached hydrogens (tertiary/aromatic N) is 1. The van der Waals surface area contributed by atoms with Gasteiger partial charge in [0.05, 0.1) is 4.47 Å². The van der Waals surface area contributed by atoms with Crippen molar-refractivity contribution in [3.05, 3.63) is 99.0 Å². The molecule has 0 aromatic heterocycles. The molecule has 2 atom stereocenters. The van der Waals surface area contributed by atoms with Crippen LogP contribution < -0.4 is 10.1 Å². The molecule has 2 amide bonds. The van der Waals surface area contributed by atoms with Gasteiger partial charge in [-0.2, -0.15) is 0 Å². The molecule has 0 unspecified atom stereocenters. The Morgan fingerprint density at radius 1 is 1.03 bits per heavy atom. The lowest BCUT2D eigenvalue weighted by Crippen LogP contribution is -2.53. The van der Waals surface area contributed by atoms with Crippen LogP contribution in [0.15, 0.2) is 77.3 Å². The maximum Gasteiger partial charge on any atom is 0.261 e. The largest absolute Gasteiger partial charge is 0.483 e. The Morgan fingerprint density at radius 2 is 1.75 bits per heavy atom. The van der Waals surface area contributed by atoms with Crippen LogP contribution in [0.5, 0.6) is 5.75 Å². The number of hydrogen-bond acceptors (Lipinski definition) is 3. The molecule has 3 rings (SSSR count). The van der Waals surface area contributed by atoms with Crippen molar-refractivity contribution in [2.24, 2.45) is 0 Å². The van der Waals surface area contributed by atoms with Gasteiger partial charge in [0.25, 0.3) is 5.91 Å². The van der Waals surface area contributed by atoms with E-state index in [0.717, 1.165) is 23.1 Å². The zero-order valence-corrected chi connectivity index (χ0v) is 23.2. The number of amides is 2. The van der Waals surface area contributed by atoms with Gasteiger partial charge >= 0.3 is 0 Å². The molecule has 0 aliphatic heterocycles. The second kappa shape index (κ2) is 13.5. The summed E-state index contributed by atoms with van der Waals surface area (Å²) in [6.45, 7) is 6.06. The summed E-state index contributed by atoms with van der Waals surface area (Å²) in [5.74, 6) is 0.0485. The first-order valence-electron chi connectivity index (χ1n) is 12.0. The molecule has 0 heterocycles. The van der Waals surface area contributed by atoms with E-state index in [1.54, 1.807) is 23.1 Å². The van der Waals surface area contributed by atoms with Gasteiger partial charge in [0.1, 0.15) is 11.8 Å². The van der Waals surface area contributed by atoms with E-state index >= 15 is 0 Å². The molecule has 0 aliphatic rings. The van der Waals surface area contributed by atoms with Gasteiger partial charge in [-0.25, -0.2) is 0 Å². The smallest absolute Gasteiger partial charge is 0.261 e. The average molecular weight is 572 g/mol. The number of nitrogens with one attached hydrogen (secondary N) is 1. The molecule has 0 fully saturated rings. The van der Waals surface area contributed by atoms with E-state index in [1.165, 1.54) is 0 Å². The van der Waals surface area contributed by atoms with Crippen LogP contribution in [0.1, 0.15) is 37.0 Å². The number of aryl methyl sites for hydroxylation is 1. The minimum atomic E-state index is -0.702.